The zero-order valence-corrected chi connectivity index (χ0v) is 12.6. The first-order valence-corrected chi connectivity index (χ1v) is 7.14. The topological polar surface area (TPSA) is 38.3 Å². The molecule has 0 saturated heterocycles. The average molecular weight is 283 g/mol. The second kappa shape index (κ2) is 7.60. The highest BCUT2D eigenvalue weighted by atomic mass is 16.5. The third-order valence-electron chi connectivity index (χ3n) is 3.57. The number of rotatable bonds is 6. The van der Waals surface area contributed by atoms with Crippen molar-refractivity contribution in [3.8, 4) is 0 Å². The Bertz CT molecular complexity index is 608. The van der Waals surface area contributed by atoms with Crippen LogP contribution in [0.15, 0.2) is 48.5 Å². The Morgan fingerprint density at radius 1 is 1.05 bits per heavy atom. The van der Waals surface area contributed by atoms with E-state index in [2.05, 4.69) is 36.5 Å². The van der Waals surface area contributed by atoms with Gasteiger partial charge in [-0.3, -0.25) is 0 Å². The van der Waals surface area contributed by atoms with E-state index in [-0.39, 0.29) is 5.97 Å². The highest BCUT2D eigenvalue weighted by Gasteiger charge is 2.10. The van der Waals surface area contributed by atoms with Crippen LogP contribution in [-0.2, 0) is 17.7 Å². The van der Waals surface area contributed by atoms with E-state index in [4.69, 9.17) is 4.74 Å². The van der Waals surface area contributed by atoms with E-state index in [1.165, 1.54) is 18.2 Å². The van der Waals surface area contributed by atoms with Crippen molar-refractivity contribution >= 4 is 5.97 Å². The van der Waals surface area contributed by atoms with Crippen LogP contribution in [0.3, 0.4) is 0 Å². The molecular formula is C18H21NO2. The van der Waals surface area contributed by atoms with E-state index in [0.29, 0.717) is 12.1 Å². The Morgan fingerprint density at radius 3 is 2.43 bits per heavy atom. The molecule has 0 amide bonds. The molecule has 2 aromatic rings. The predicted molar refractivity (Wildman–Crippen MR) is 84.4 cm³/mol. The number of hydrogen-bond acceptors (Lipinski definition) is 3. The van der Waals surface area contributed by atoms with Crippen molar-refractivity contribution in [2.24, 2.45) is 0 Å². The van der Waals surface area contributed by atoms with Crippen LogP contribution in [-0.4, -0.2) is 19.6 Å². The average Bonchev–Trinajstić information content (AvgIpc) is 2.52. The lowest BCUT2D eigenvalue weighted by Gasteiger charge is -2.10. The highest BCUT2D eigenvalue weighted by molar-refractivity contribution is 5.90. The summed E-state index contributed by atoms with van der Waals surface area (Å²) in [6, 6.07) is 15.9. The zero-order valence-electron chi connectivity index (χ0n) is 12.6. The lowest BCUT2D eigenvalue weighted by Crippen LogP contribution is -2.19. The summed E-state index contributed by atoms with van der Waals surface area (Å²) < 4.78 is 4.80. The van der Waals surface area contributed by atoms with Gasteiger partial charge in [-0.2, -0.15) is 0 Å². The summed E-state index contributed by atoms with van der Waals surface area (Å²) in [6.45, 7) is 3.67. The molecule has 3 nitrogen and oxygen atoms in total. The molecule has 3 heteroatoms. The minimum absolute atomic E-state index is 0.286. The molecule has 0 aliphatic carbocycles. The number of ether oxygens (including phenoxy) is 1. The Labute approximate surface area is 126 Å². The van der Waals surface area contributed by atoms with Crippen LogP contribution in [0, 0.1) is 6.92 Å². The number of hydrogen-bond donors (Lipinski definition) is 1. The van der Waals surface area contributed by atoms with Gasteiger partial charge in [-0.25, -0.2) is 4.79 Å². The Hall–Kier alpha value is -2.13. The summed E-state index contributed by atoms with van der Waals surface area (Å²) in [5.74, 6) is -0.286. The van der Waals surface area contributed by atoms with Crippen LogP contribution in [0.1, 0.15) is 27.0 Å². The molecule has 0 bridgehead atoms. The van der Waals surface area contributed by atoms with E-state index in [1.807, 2.05) is 18.2 Å². The first-order valence-electron chi connectivity index (χ1n) is 7.14. The van der Waals surface area contributed by atoms with Gasteiger partial charge in [0.05, 0.1) is 12.7 Å². The van der Waals surface area contributed by atoms with Gasteiger partial charge in [0.15, 0.2) is 0 Å². The van der Waals surface area contributed by atoms with Crippen LogP contribution in [0.5, 0.6) is 0 Å². The number of methoxy groups -OCH3 is 1. The van der Waals surface area contributed by atoms with Gasteiger partial charge in [0.2, 0.25) is 0 Å². The Morgan fingerprint density at radius 2 is 1.71 bits per heavy atom. The summed E-state index contributed by atoms with van der Waals surface area (Å²) >= 11 is 0. The first kappa shape index (κ1) is 15.3. The fourth-order valence-electron chi connectivity index (χ4n) is 2.32. The highest BCUT2D eigenvalue weighted by Crippen LogP contribution is 2.10. The van der Waals surface area contributed by atoms with Crippen LogP contribution >= 0.6 is 0 Å². The maximum Gasteiger partial charge on any atom is 0.338 e. The van der Waals surface area contributed by atoms with Gasteiger partial charge in [-0.05, 0) is 42.6 Å². The molecule has 0 heterocycles. The molecule has 0 aliphatic rings. The molecule has 2 aromatic carbocycles. The summed E-state index contributed by atoms with van der Waals surface area (Å²) in [5, 5.41) is 3.39. The molecule has 0 saturated carbocycles. The van der Waals surface area contributed by atoms with Gasteiger partial charge in [0.25, 0.3) is 0 Å². The molecular weight excluding hydrogens is 262 g/mol. The third-order valence-corrected chi connectivity index (χ3v) is 3.57. The van der Waals surface area contributed by atoms with Gasteiger partial charge in [-0.15, -0.1) is 0 Å². The summed E-state index contributed by atoms with van der Waals surface area (Å²) in [6.07, 6.45) is 0.979. The normalized spacial score (nSPS) is 10.4. The van der Waals surface area contributed by atoms with Crippen molar-refractivity contribution in [1.82, 2.24) is 5.32 Å². The van der Waals surface area contributed by atoms with Crippen LogP contribution < -0.4 is 5.32 Å². The standard InChI is InChI=1S/C18H21NO2/c1-14-7-3-4-8-15(14)11-12-19-13-16-9-5-6-10-17(16)18(20)21-2/h3-10,19H,11-13H2,1-2H3. The maximum atomic E-state index is 11.7. The smallest absolute Gasteiger partial charge is 0.338 e. The van der Waals surface area contributed by atoms with Crippen LogP contribution in [0.2, 0.25) is 0 Å². The summed E-state index contributed by atoms with van der Waals surface area (Å²) in [4.78, 5) is 11.7. The van der Waals surface area contributed by atoms with Gasteiger partial charge in [0.1, 0.15) is 0 Å². The number of carbonyl (C=O) groups is 1. The SMILES string of the molecule is COC(=O)c1ccccc1CNCCc1ccccc1C. The van der Waals surface area contributed by atoms with E-state index in [0.717, 1.165) is 18.5 Å². The van der Waals surface area contributed by atoms with Gasteiger partial charge < -0.3 is 10.1 Å². The van der Waals surface area contributed by atoms with Crippen LogP contribution in [0.4, 0.5) is 0 Å². The van der Waals surface area contributed by atoms with Crippen molar-refractivity contribution in [3.63, 3.8) is 0 Å². The largest absolute Gasteiger partial charge is 0.465 e. The Balaban J connectivity index is 1.90. The number of esters is 1. The molecule has 0 atom stereocenters. The summed E-state index contributed by atoms with van der Waals surface area (Å²) in [7, 11) is 1.41. The molecule has 0 spiro atoms. The first-order chi connectivity index (χ1) is 10.2. The fourth-order valence-corrected chi connectivity index (χ4v) is 2.32. The van der Waals surface area contributed by atoms with Gasteiger partial charge in [0, 0.05) is 6.54 Å². The zero-order chi connectivity index (χ0) is 15.1. The molecule has 1 N–H and O–H groups in total. The molecule has 110 valence electrons. The minimum atomic E-state index is -0.286. The molecule has 0 radical (unpaired) electrons. The molecule has 0 unspecified atom stereocenters. The summed E-state index contributed by atoms with van der Waals surface area (Å²) in [5.41, 5.74) is 4.26. The van der Waals surface area contributed by atoms with Crippen LogP contribution in [0.25, 0.3) is 0 Å². The second-order valence-corrected chi connectivity index (χ2v) is 5.00. The second-order valence-electron chi connectivity index (χ2n) is 5.00. The quantitative estimate of drug-likeness (QED) is 0.654. The monoisotopic (exact) mass is 283 g/mol. The fraction of sp³-hybridized carbons (Fsp3) is 0.278. The van der Waals surface area contributed by atoms with Crippen molar-refractivity contribution in [3.05, 3.63) is 70.8 Å². The van der Waals surface area contributed by atoms with Crippen molar-refractivity contribution in [2.75, 3.05) is 13.7 Å². The molecule has 21 heavy (non-hydrogen) atoms. The Kier molecular flexibility index (Phi) is 5.52. The lowest BCUT2D eigenvalue weighted by atomic mass is 10.1. The minimum Gasteiger partial charge on any atom is -0.465 e. The van der Waals surface area contributed by atoms with Crippen molar-refractivity contribution in [1.29, 1.82) is 0 Å². The number of benzene rings is 2. The molecule has 2 rings (SSSR count). The number of aryl methyl sites for hydroxylation is 1. The third kappa shape index (κ3) is 4.17. The molecule has 0 aromatic heterocycles. The van der Waals surface area contributed by atoms with Crippen molar-refractivity contribution in [2.45, 2.75) is 19.9 Å². The van der Waals surface area contributed by atoms with Gasteiger partial charge >= 0.3 is 5.97 Å². The maximum absolute atomic E-state index is 11.7. The van der Waals surface area contributed by atoms with E-state index in [1.54, 1.807) is 6.07 Å². The van der Waals surface area contributed by atoms with Crippen molar-refractivity contribution < 1.29 is 9.53 Å². The number of nitrogens with one attached hydrogen (secondary N) is 1. The van der Waals surface area contributed by atoms with E-state index < -0.39 is 0 Å². The molecule has 0 aliphatic heterocycles. The van der Waals surface area contributed by atoms with E-state index in [9.17, 15) is 4.79 Å². The lowest BCUT2D eigenvalue weighted by molar-refractivity contribution is 0.0599. The van der Waals surface area contributed by atoms with Gasteiger partial charge in [-0.1, -0.05) is 42.5 Å². The number of carbonyl (C=O) groups excluding carboxylic acids is 1. The molecule has 0 fully saturated rings. The predicted octanol–water partition coefficient (Wildman–Crippen LogP) is 3.11. The van der Waals surface area contributed by atoms with E-state index >= 15 is 0 Å².